The van der Waals surface area contributed by atoms with Crippen LogP contribution in [0.2, 0.25) is 0 Å². The topological polar surface area (TPSA) is 46.3 Å². The first-order valence-corrected chi connectivity index (χ1v) is 8.55. The van der Waals surface area contributed by atoms with Crippen molar-refractivity contribution in [2.24, 2.45) is 5.73 Å². The highest BCUT2D eigenvalue weighted by atomic mass is 32.1. The van der Waals surface area contributed by atoms with Crippen LogP contribution >= 0.6 is 22.7 Å². The van der Waals surface area contributed by atoms with E-state index in [1.54, 1.807) is 22.7 Å². The van der Waals surface area contributed by atoms with Gasteiger partial charge in [-0.15, -0.1) is 22.7 Å². The van der Waals surface area contributed by atoms with Gasteiger partial charge in [0.25, 0.3) is 0 Å². The third kappa shape index (κ3) is 4.16. The summed E-state index contributed by atoms with van der Waals surface area (Å²) in [5.74, 6) is 0.0497. The van der Waals surface area contributed by atoms with Crippen molar-refractivity contribution in [2.75, 3.05) is 0 Å². The van der Waals surface area contributed by atoms with E-state index in [4.69, 9.17) is 5.73 Å². The van der Waals surface area contributed by atoms with Crippen molar-refractivity contribution in [1.29, 1.82) is 0 Å². The lowest BCUT2D eigenvalue weighted by Gasteiger charge is -2.24. The maximum Gasteiger partial charge on any atom is 0.240 e. The van der Waals surface area contributed by atoms with Crippen LogP contribution in [-0.4, -0.2) is 16.8 Å². The molecular weight excluding hydrogens is 288 g/mol. The molecule has 2 N–H and O–H groups in total. The number of carbonyl (C=O) groups excluding carboxylic acids is 1. The molecular formula is C15H20N2OS2. The summed E-state index contributed by atoms with van der Waals surface area (Å²) in [5, 5.41) is 4.07. The van der Waals surface area contributed by atoms with Crippen LogP contribution in [0.15, 0.2) is 35.0 Å². The second-order valence-corrected chi connectivity index (χ2v) is 6.81. The Labute approximate surface area is 128 Å². The highest BCUT2D eigenvalue weighted by Gasteiger charge is 2.21. The number of thiophene rings is 2. The van der Waals surface area contributed by atoms with Gasteiger partial charge in [0, 0.05) is 9.75 Å². The van der Waals surface area contributed by atoms with Crippen molar-refractivity contribution in [3.63, 3.8) is 0 Å². The second kappa shape index (κ2) is 7.57. The van der Waals surface area contributed by atoms with Crippen LogP contribution in [0.25, 0.3) is 0 Å². The predicted molar refractivity (Wildman–Crippen MR) is 85.8 cm³/mol. The van der Waals surface area contributed by atoms with E-state index in [9.17, 15) is 4.79 Å². The summed E-state index contributed by atoms with van der Waals surface area (Å²) in [6.07, 6.45) is 1.67. The number of rotatable bonds is 7. The molecule has 1 amide bonds. The van der Waals surface area contributed by atoms with E-state index < -0.39 is 0 Å². The Hall–Kier alpha value is -1.17. The van der Waals surface area contributed by atoms with E-state index in [2.05, 4.69) is 19.1 Å². The van der Waals surface area contributed by atoms with Crippen LogP contribution in [0, 0.1) is 0 Å². The van der Waals surface area contributed by atoms with E-state index in [1.165, 1.54) is 9.75 Å². The first-order valence-electron chi connectivity index (χ1n) is 6.79. The van der Waals surface area contributed by atoms with Gasteiger partial charge in [-0.1, -0.05) is 25.5 Å². The normalized spacial score (nSPS) is 12.3. The zero-order valence-corrected chi connectivity index (χ0v) is 13.3. The van der Waals surface area contributed by atoms with E-state index in [-0.39, 0.29) is 11.9 Å². The number of nitrogens with zero attached hydrogens (tertiary/aromatic N) is 1. The lowest BCUT2D eigenvalue weighted by Crippen LogP contribution is -2.42. The van der Waals surface area contributed by atoms with Gasteiger partial charge in [-0.25, -0.2) is 0 Å². The van der Waals surface area contributed by atoms with Gasteiger partial charge in [0.05, 0.1) is 19.1 Å². The standard InChI is InChI=1S/C15H20N2OS2/c1-2-5-14(16)15(18)17(10-12-6-3-8-19-12)11-13-7-4-9-20-13/h3-4,6-9,14H,2,5,10-11,16H2,1H3. The molecule has 0 saturated heterocycles. The molecule has 0 aliphatic carbocycles. The van der Waals surface area contributed by atoms with E-state index in [0.29, 0.717) is 13.1 Å². The zero-order valence-electron chi connectivity index (χ0n) is 11.6. The lowest BCUT2D eigenvalue weighted by atomic mass is 10.1. The molecule has 0 aliphatic heterocycles. The van der Waals surface area contributed by atoms with Crippen molar-refractivity contribution in [1.82, 2.24) is 4.90 Å². The van der Waals surface area contributed by atoms with Crippen LogP contribution in [0.3, 0.4) is 0 Å². The molecule has 0 aromatic carbocycles. The Bertz CT molecular complexity index is 472. The van der Waals surface area contributed by atoms with Gasteiger partial charge in [-0.3, -0.25) is 4.79 Å². The van der Waals surface area contributed by atoms with E-state index in [1.807, 2.05) is 27.8 Å². The summed E-state index contributed by atoms with van der Waals surface area (Å²) < 4.78 is 0. The van der Waals surface area contributed by atoms with Crippen LogP contribution in [0.1, 0.15) is 29.5 Å². The van der Waals surface area contributed by atoms with Crippen molar-refractivity contribution >= 4 is 28.6 Å². The average molecular weight is 308 g/mol. The minimum atomic E-state index is -0.389. The van der Waals surface area contributed by atoms with Gasteiger partial charge >= 0.3 is 0 Å². The Morgan fingerprint density at radius 3 is 2.15 bits per heavy atom. The first kappa shape index (κ1) is 15.2. The first-order chi connectivity index (χ1) is 9.70. The van der Waals surface area contributed by atoms with Crippen molar-refractivity contribution < 1.29 is 4.79 Å². The van der Waals surface area contributed by atoms with Crippen molar-refractivity contribution in [3.05, 3.63) is 44.8 Å². The maximum atomic E-state index is 12.5. The third-order valence-corrected chi connectivity index (χ3v) is 4.80. The molecule has 1 unspecified atom stereocenters. The van der Waals surface area contributed by atoms with Gasteiger partial charge in [-0.05, 0) is 29.3 Å². The molecule has 108 valence electrons. The molecule has 20 heavy (non-hydrogen) atoms. The molecule has 1 atom stereocenters. The van der Waals surface area contributed by atoms with Gasteiger partial charge in [0.2, 0.25) is 5.91 Å². The molecule has 3 nitrogen and oxygen atoms in total. The molecule has 2 aromatic rings. The minimum Gasteiger partial charge on any atom is -0.331 e. The average Bonchev–Trinajstić information content (AvgIpc) is 3.10. The number of hydrogen-bond donors (Lipinski definition) is 1. The fraction of sp³-hybridized carbons (Fsp3) is 0.400. The number of hydrogen-bond acceptors (Lipinski definition) is 4. The highest BCUT2D eigenvalue weighted by Crippen LogP contribution is 2.18. The molecule has 2 rings (SSSR count). The molecule has 0 saturated carbocycles. The summed E-state index contributed by atoms with van der Waals surface area (Å²) in [6, 6.07) is 7.76. The summed E-state index contributed by atoms with van der Waals surface area (Å²) in [7, 11) is 0. The molecule has 0 spiro atoms. The molecule has 0 fully saturated rings. The predicted octanol–water partition coefficient (Wildman–Crippen LogP) is 3.47. The van der Waals surface area contributed by atoms with Crippen LogP contribution in [0.5, 0.6) is 0 Å². The third-order valence-electron chi connectivity index (χ3n) is 3.08. The van der Waals surface area contributed by atoms with E-state index in [0.717, 1.165) is 12.8 Å². The smallest absolute Gasteiger partial charge is 0.240 e. The Kier molecular flexibility index (Phi) is 5.76. The maximum absolute atomic E-state index is 12.5. The van der Waals surface area contributed by atoms with Gasteiger partial charge in [0.15, 0.2) is 0 Å². The molecule has 0 bridgehead atoms. The molecule has 2 aromatic heterocycles. The number of carbonyl (C=O) groups is 1. The van der Waals surface area contributed by atoms with Gasteiger partial charge in [-0.2, -0.15) is 0 Å². The molecule has 5 heteroatoms. The Balaban J connectivity index is 2.08. The largest absolute Gasteiger partial charge is 0.331 e. The van der Waals surface area contributed by atoms with Crippen molar-refractivity contribution in [2.45, 2.75) is 38.9 Å². The van der Waals surface area contributed by atoms with Crippen molar-refractivity contribution in [3.8, 4) is 0 Å². The summed E-state index contributed by atoms with van der Waals surface area (Å²) in [4.78, 5) is 16.8. The van der Waals surface area contributed by atoms with Crippen LogP contribution < -0.4 is 5.73 Å². The fourth-order valence-electron chi connectivity index (χ4n) is 2.06. The summed E-state index contributed by atoms with van der Waals surface area (Å²) in [5.41, 5.74) is 6.00. The summed E-state index contributed by atoms with van der Waals surface area (Å²) in [6.45, 7) is 3.34. The quantitative estimate of drug-likeness (QED) is 0.851. The van der Waals surface area contributed by atoms with Crippen LogP contribution in [0.4, 0.5) is 0 Å². The SMILES string of the molecule is CCCC(N)C(=O)N(Cc1cccs1)Cc1cccs1. The highest BCUT2D eigenvalue weighted by molar-refractivity contribution is 7.10. The zero-order chi connectivity index (χ0) is 14.4. The number of nitrogens with two attached hydrogens (primary N) is 1. The number of amides is 1. The lowest BCUT2D eigenvalue weighted by molar-refractivity contribution is -0.133. The molecule has 0 radical (unpaired) electrons. The van der Waals surface area contributed by atoms with Gasteiger partial charge < -0.3 is 10.6 Å². The van der Waals surface area contributed by atoms with E-state index >= 15 is 0 Å². The minimum absolute atomic E-state index is 0.0497. The summed E-state index contributed by atoms with van der Waals surface area (Å²) >= 11 is 3.35. The van der Waals surface area contributed by atoms with Crippen LogP contribution in [-0.2, 0) is 17.9 Å². The second-order valence-electron chi connectivity index (χ2n) is 4.75. The van der Waals surface area contributed by atoms with Gasteiger partial charge in [0.1, 0.15) is 0 Å². The monoisotopic (exact) mass is 308 g/mol. The molecule has 2 heterocycles. The Morgan fingerprint density at radius 1 is 1.20 bits per heavy atom. The molecule has 0 aliphatic rings. The fourth-order valence-corrected chi connectivity index (χ4v) is 3.50. The Morgan fingerprint density at radius 2 is 1.75 bits per heavy atom.